The topological polar surface area (TPSA) is 50.4 Å². The van der Waals surface area contributed by atoms with E-state index in [4.69, 9.17) is 4.74 Å². The van der Waals surface area contributed by atoms with Crippen LogP contribution in [0, 0.1) is 5.82 Å². The maximum absolute atomic E-state index is 13.2. The first-order valence-corrected chi connectivity index (χ1v) is 5.07. The average molecular weight is 224 g/mol. The van der Waals surface area contributed by atoms with Gasteiger partial charge in [0, 0.05) is 18.7 Å². The number of carbonyl (C=O) groups is 1. The summed E-state index contributed by atoms with van der Waals surface area (Å²) >= 11 is 0. The Labute approximate surface area is 92.8 Å². The van der Waals surface area contributed by atoms with Gasteiger partial charge in [-0.1, -0.05) is 0 Å². The first kappa shape index (κ1) is 10.9. The molecular weight excluding hydrogens is 211 g/mol. The molecule has 0 spiro atoms. The van der Waals surface area contributed by atoms with Crippen LogP contribution in [0.5, 0.6) is 5.75 Å². The summed E-state index contributed by atoms with van der Waals surface area (Å²) in [6.45, 7) is 1.25. The van der Waals surface area contributed by atoms with Crippen LogP contribution in [-0.2, 0) is 4.79 Å². The molecule has 5 heteroatoms. The summed E-state index contributed by atoms with van der Waals surface area (Å²) in [4.78, 5) is 11.6. The summed E-state index contributed by atoms with van der Waals surface area (Å²) < 4.78 is 18.3. The molecule has 1 aliphatic heterocycles. The van der Waals surface area contributed by atoms with E-state index in [0.29, 0.717) is 24.4 Å². The van der Waals surface area contributed by atoms with Crippen LogP contribution in [0.1, 0.15) is 11.6 Å². The normalized spacial score (nSPS) is 20.4. The molecule has 2 rings (SSSR count). The molecule has 1 heterocycles. The highest BCUT2D eigenvalue weighted by atomic mass is 19.1. The van der Waals surface area contributed by atoms with Crippen molar-refractivity contribution < 1.29 is 13.9 Å². The number of piperazine rings is 1. The van der Waals surface area contributed by atoms with Crippen molar-refractivity contribution in [2.75, 3.05) is 20.2 Å². The molecule has 0 aliphatic carbocycles. The number of carbonyl (C=O) groups excluding carboxylic acids is 1. The van der Waals surface area contributed by atoms with Crippen molar-refractivity contribution in [3.8, 4) is 5.75 Å². The average Bonchev–Trinajstić information content (AvgIpc) is 2.29. The third-order valence-corrected chi connectivity index (χ3v) is 2.54. The molecule has 1 amide bonds. The number of hydrogen-bond donors (Lipinski definition) is 2. The Morgan fingerprint density at radius 1 is 1.44 bits per heavy atom. The molecule has 1 aromatic carbocycles. The summed E-state index contributed by atoms with van der Waals surface area (Å²) in [5, 5.41) is 5.75. The van der Waals surface area contributed by atoms with Crippen molar-refractivity contribution in [3.05, 3.63) is 29.6 Å². The minimum atomic E-state index is -0.542. The third-order valence-electron chi connectivity index (χ3n) is 2.54. The van der Waals surface area contributed by atoms with Gasteiger partial charge in [-0.15, -0.1) is 0 Å². The molecule has 1 unspecified atom stereocenters. The predicted molar refractivity (Wildman–Crippen MR) is 56.7 cm³/mol. The lowest BCUT2D eigenvalue weighted by molar-refractivity contribution is -0.124. The second-order valence-electron chi connectivity index (χ2n) is 3.56. The van der Waals surface area contributed by atoms with Crippen LogP contribution in [0.3, 0.4) is 0 Å². The zero-order valence-electron chi connectivity index (χ0n) is 8.92. The minimum absolute atomic E-state index is 0.157. The van der Waals surface area contributed by atoms with Gasteiger partial charge in [0.05, 0.1) is 7.11 Å². The lowest BCUT2D eigenvalue weighted by Crippen LogP contribution is -2.47. The van der Waals surface area contributed by atoms with Gasteiger partial charge in [0.15, 0.2) is 0 Å². The fraction of sp³-hybridized carbons (Fsp3) is 0.364. The fourth-order valence-corrected chi connectivity index (χ4v) is 1.78. The molecule has 4 nitrogen and oxygen atoms in total. The smallest absolute Gasteiger partial charge is 0.241 e. The Kier molecular flexibility index (Phi) is 3.05. The maximum atomic E-state index is 13.2. The molecule has 1 atom stereocenters. The van der Waals surface area contributed by atoms with Gasteiger partial charge in [-0.3, -0.25) is 4.79 Å². The third kappa shape index (κ3) is 1.99. The van der Waals surface area contributed by atoms with Gasteiger partial charge in [-0.2, -0.15) is 0 Å². The van der Waals surface area contributed by atoms with Crippen molar-refractivity contribution in [2.45, 2.75) is 6.04 Å². The van der Waals surface area contributed by atoms with Gasteiger partial charge in [0.25, 0.3) is 0 Å². The lowest BCUT2D eigenvalue weighted by atomic mass is 10.0. The second-order valence-corrected chi connectivity index (χ2v) is 3.56. The monoisotopic (exact) mass is 224 g/mol. The number of hydrogen-bond acceptors (Lipinski definition) is 3. The van der Waals surface area contributed by atoms with Crippen LogP contribution < -0.4 is 15.4 Å². The molecular formula is C11H13FN2O2. The standard InChI is InChI=1S/C11H13FN2O2/c1-16-9-3-2-7(12)6-8(9)10-11(15)14-5-4-13-10/h2-3,6,10,13H,4-5H2,1H3,(H,14,15). The number of nitrogens with one attached hydrogen (secondary N) is 2. The number of benzene rings is 1. The summed E-state index contributed by atoms with van der Waals surface area (Å²) in [7, 11) is 1.50. The van der Waals surface area contributed by atoms with E-state index in [-0.39, 0.29) is 11.7 Å². The highest BCUT2D eigenvalue weighted by Crippen LogP contribution is 2.26. The molecule has 0 saturated carbocycles. The van der Waals surface area contributed by atoms with Crippen LogP contribution in [0.15, 0.2) is 18.2 Å². The Morgan fingerprint density at radius 3 is 2.94 bits per heavy atom. The molecule has 16 heavy (non-hydrogen) atoms. The molecule has 0 bridgehead atoms. The van der Waals surface area contributed by atoms with Crippen molar-refractivity contribution in [3.63, 3.8) is 0 Å². The van der Waals surface area contributed by atoms with Gasteiger partial charge in [0.1, 0.15) is 17.6 Å². The number of halogens is 1. The number of methoxy groups -OCH3 is 1. The zero-order chi connectivity index (χ0) is 11.5. The first-order valence-electron chi connectivity index (χ1n) is 5.07. The second kappa shape index (κ2) is 4.49. The molecule has 2 N–H and O–H groups in total. The Morgan fingerprint density at radius 2 is 2.25 bits per heavy atom. The summed E-state index contributed by atoms with van der Waals surface area (Å²) in [5.41, 5.74) is 0.528. The number of rotatable bonds is 2. The number of ether oxygens (including phenoxy) is 1. The summed E-state index contributed by atoms with van der Waals surface area (Å²) in [5.74, 6) is -0.0259. The predicted octanol–water partition coefficient (Wildman–Crippen LogP) is 0.595. The summed E-state index contributed by atoms with van der Waals surface area (Å²) in [6.07, 6.45) is 0. The highest BCUT2D eigenvalue weighted by molar-refractivity contribution is 5.84. The number of amides is 1. The van der Waals surface area contributed by atoms with Crippen molar-refractivity contribution >= 4 is 5.91 Å². The van der Waals surface area contributed by atoms with Crippen molar-refractivity contribution in [1.29, 1.82) is 0 Å². The van der Waals surface area contributed by atoms with E-state index in [0.717, 1.165) is 0 Å². The van der Waals surface area contributed by atoms with E-state index < -0.39 is 6.04 Å². The molecule has 1 fully saturated rings. The zero-order valence-corrected chi connectivity index (χ0v) is 8.92. The van der Waals surface area contributed by atoms with Crippen LogP contribution >= 0.6 is 0 Å². The Balaban J connectivity index is 2.36. The van der Waals surface area contributed by atoms with Gasteiger partial charge in [-0.25, -0.2) is 4.39 Å². The maximum Gasteiger partial charge on any atom is 0.241 e. The van der Waals surface area contributed by atoms with Crippen LogP contribution in [0.2, 0.25) is 0 Å². The fourth-order valence-electron chi connectivity index (χ4n) is 1.78. The van der Waals surface area contributed by atoms with E-state index in [1.54, 1.807) is 0 Å². The van der Waals surface area contributed by atoms with Crippen molar-refractivity contribution in [1.82, 2.24) is 10.6 Å². The van der Waals surface area contributed by atoms with Crippen molar-refractivity contribution in [2.24, 2.45) is 0 Å². The van der Waals surface area contributed by atoms with E-state index in [1.807, 2.05) is 0 Å². The highest BCUT2D eigenvalue weighted by Gasteiger charge is 2.26. The van der Waals surface area contributed by atoms with E-state index in [2.05, 4.69) is 10.6 Å². The van der Waals surface area contributed by atoms with Crippen LogP contribution in [-0.4, -0.2) is 26.1 Å². The Hall–Kier alpha value is -1.62. The van der Waals surface area contributed by atoms with Gasteiger partial charge in [-0.05, 0) is 18.2 Å². The molecule has 1 saturated heterocycles. The van der Waals surface area contributed by atoms with Crippen LogP contribution in [0.4, 0.5) is 4.39 Å². The SMILES string of the molecule is COc1ccc(F)cc1C1NCCNC1=O. The van der Waals surface area contributed by atoms with Gasteiger partial charge >= 0.3 is 0 Å². The first-order chi connectivity index (χ1) is 7.72. The van der Waals surface area contributed by atoms with E-state index >= 15 is 0 Å². The van der Waals surface area contributed by atoms with Gasteiger partial charge < -0.3 is 15.4 Å². The molecule has 0 radical (unpaired) electrons. The minimum Gasteiger partial charge on any atom is -0.496 e. The van der Waals surface area contributed by atoms with E-state index in [1.165, 1.54) is 25.3 Å². The molecule has 1 aliphatic rings. The van der Waals surface area contributed by atoms with Crippen LogP contribution in [0.25, 0.3) is 0 Å². The summed E-state index contributed by atoms with van der Waals surface area (Å²) in [6, 6.07) is 3.61. The van der Waals surface area contributed by atoms with Gasteiger partial charge in [0.2, 0.25) is 5.91 Å². The van der Waals surface area contributed by atoms with E-state index in [9.17, 15) is 9.18 Å². The lowest BCUT2D eigenvalue weighted by Gasteiger charge is -2.25. The largest absolute Gasteiger partial charge is 0.496 e. The molecule has 0 aromatic heterocycles. The molecule has 86 valence electrons. The Bertz CT molecular complexity index is 409. The molecule has 1 aromatic rings. The quantitative estimate of drug-likeness (QED) is 0.773.